The van der Waals surface area contributed by atoms with E-state index in [9.17, 15) is 14.4 Å². The fourth-order valence-corrected chi connectivity index (χ4v) is 2.26. The number of carbonyl (C=O) groups is 3. The first kappa shape index (κ1) is 52.4. The maximum absolute atomic E-state index is 11.4. The van der Waals surface area contributed by atoms with Crippen LogP contribution in [0, 0.1) is 0 Å². The first-order chi connectivity index (χ1) is 12.3. The fraction of sp³-hybridized carbons (Fsp3) is 0.880. The molecule has 0 fully saturated rings. The summed E-state index contributed by atoms with van der Waals surface area (Å²) in [5.74, 6) is -0.589. The van der Waals surface area contributed by atoms with Crippen LogP contribution < -0.4 is 0 Å². The Hall–Kier alpha value is -1.63. The van der Waals surface area contributed by atoms with E-state index in [4.69, 9.17) is 10.2 Å². The minimum Gasteiger partial charge on any atom is -0.481 e. The molecule has 2 N–H and O–H groups in total. The average Bonchev–Trinajstić information content (AvgIpc) is 2.59. The molecular weight excluding hydrogens is 408 g/mol. The SMILES string of the molecule is C.C.C.C.C.C.CCCN(C)C(=O)CCCC(=O)O.CCCN(C)C(=O)CCCCCO. The van der Waals surface area contributed by atoms with Crippen molar-refractivity contribution >= 4 is 17.8 Å². The number of carboxylic acid groups (broad SMARTS) is 1. The molecule has 2 amide bonds. The Balaban J connectivity index is -0.0000000505. The van der Waals surface area contributed by atoms with Gasteiger partial charge in [0, 0.05) is 53.1 Å². The van der Waals surface area contributed by atoms with Gasteiger partial charge in [0.1, 0.15) is 0 Å². The van der Waals surface area contributed by atoms with Crippen molar-refractivity contribution in [2.45, 2.75) is 116 Å². The van der Waals surface area contributed by atoms with Crippen molar-refractivity contribution in [3.05, 3.63) is 0 Å². The van der Waals surface area contributed by atoms with E-state index in [-0.39, 0.29) is 69.4 Å². The summed E-state index contributed by atoms with van der Waals surface area (Å²) in [6.07, 6.45) is 6.06. The molecular formula is C25H62N2O5. The third-order valence-corrected chi connectivity index (χ3v) is 3.80. The highest BCUT2D eigenvalue weighted by Gasteiger charge is 2.08. The highest BCUT2D eigenvalue weighted by atomic mass is 16.4. The second-order valence-electron chi connectivity index (χ2n) is 6.41. The summed E-state index contributed by atoms with van der Waals surface area (Å²) in [6.45, 7) is 5.89. The van der Waals surface area contributed by atoms with Gasteiger partial charge in [-0.3, -0.25) is 14.4 Å². The van der Waals surface area contributed by atoms with Crippen molar-refractivity contribution in [2.24, 2.45) is 0 Å². The molecule has 0 aliphatic carbocycles. The molecule has 0 unspecified atom stereocenters. The van der Waals surface area contributed by atoms with Crippen molar-refractivity contribution in [2.75, 3.05) is 33.8 Å². The molecule has 0 aromatic carbocycles. The molecule has 0 saturated heterocycles. The summed E-state index contributed by atoms with van der Waals surface area (Å²) in [6, 6.07) is 0. The van der Waals surface area contributed by atoms with E-state index in [0.29, 0.717) is 19.3 Å². The Morgan fingerprint density at radius 2 is 1.00 bits per heavy atom. The van der Waals surface area contributed by atoms with Crippen LogP contribution in [0.1, 0.15) is 116 Å². The van der Waals surface area contributed by atoms with Crippen LogP contribution in [0.3, 0.4) is 0 Å². The van der Waals surface area contributed by atoms with Crippen molar-refractivity contribution in [3.8, 4) is 0 Å². The number of hydrogen-bond acceptors (Lipinski definition) is 4. The number of rotatable bonds is 13. The zero-order valence-electron chi connectivity index (χ0n) is 17.0. The third kappa shape index (κ3) is 35.8. The zero-order chi connectivity index (χ0) is 20.4. The maximum Gasteiger partial charge on any atom is 0.303 e. The molecule has 0 aromatic rings. The van der Waals surface area contributed by atoms with Crippen LogP contribution in [-0.2, 0) is 14.4 Å². The van der Waals surface area contributed by atoms with Gasteiger partial charge in [-0.1, -0.05) is 64.8 Å². The predicted octanol–water partition coefficient (Wildman–Crippen LogP) is 6.33. The van der Waals surface area contributed by atoms with Crippen LogP contribution in [-0.4, -0.2) is 71.6 Å². The average molecular weight is 471 g/mol. The molecule has 0 heterocycles. The number of hydrogen-bond donors (Lipinski definition) is 2. The number of nitrogens with zero attached hydrogens (tertiary/aromatic N) is 2. The molecule has 0 radical (unpaired) electrons. The van der Waals surface area contributed by atoms with Gasteiger partial charge in [-0.2, -0.15) is 0 Å². The van der Waals surface area contributed by atoms with Gasteiger partial charge in [0.05, 0.1) is 0 Å². The van der Waals surface area contributed by atoms with E-state index in [1.807, 2.05) is 14.0 Å². The van der Waals surface area contributed by atoms with E-state index < -0.39 is 5.97 Å². The zero-order valence-corrected chi connectivity index (χ0v) is 17.0. The molecule has 7 heteroatoms. The lowest BCUT2D eigenvalue weighted by Crippen LogP contribution is -2.27. The topological polar surface area (TPSA) is 98.2 Å². The van der Waals surface area contributed by atoms with Crippen molar-refractivity contribution in [1.82, 2.24) is 9.80 Å². The Morgan fingerprint density at radius 1 is 0.625 bits per heavy atom. The lowest BCUT2D eigenvalue weighted by atomic mass is 10.2. The number of amides is 2. The molecule has 32 heavy (non-hydrogen) atoms. The van der Waals surface area contributed by atoms with Gasteiger partial charge in [0.15, 0.2) is 0 Å². The van der Waals surface area contributed by atoms with Gasteiger partial charge in [-0.05, 0) is 32.1 Å². The van der Waals surface area contributed by atoms with Crippen molar-refractivity contribution in [1.29, 1.82) is 0 Å². The Bertz CT molecular complexity index is 391. The largest absolute Gasteiger partial charge is 0.481 e. The van der Waals surface area contributed by atoms with Crippen LogP contribution in [0.5, 0.6) is 0 Å². The molecule has 0 atom stereocenters. The molecule has 7 nitrogen and oxygen atoms in total. The number of aliphatic hydroxyl groups is 1. The number of carboxylic acids is 1. The van der Waals surface area contributed by atoms with Gasteiger partial charge >= 0.3 is 5.97 Å². The number of carbonyl (C=O) groups excluding carboxylic acids is 2. The summed E-state index contributed by atoms with van der Waals surface area (Å²) in [5, 5.41) is 16.9. The van der Waals surface area contributed by atoms with E-state index in [1.54, 1.807) is 16.8 Å². The predicted molar refractivity (Wildman–Crippen MR) is 143 cm³/mol. The third-order valence-electron chi connectivity index (χ3n) is 3.80. The fourth-order valence-electron chi connectivity index (χ4n) is 2.26. The highest BCUT2D eigenvalue weighted by Crippen LogP contribution is 2.02. The first-order valence-electron chi connectivity index (χ1n) is 9.60. The summed E-state index contributed by atoms with van der Waals surface area (Å²) in [7, 11) is 3.59. The minimum absolute atomic E-state index is 0. The van der Waals surface area contributed by atoms with Gasteiger partial charge in [0.25, 0.3) is 0 Å². The molecule has 0 aromatic heterocycles. The monoisotopic (exact) mass is 470 g/mol. The smallest absolute Gasteiger partial charge is 0.303 e. The molecule has 0 saturated carbocycles. The van der Waals surface area contributed by atoms with Crippen LogP contribution in [0.4, 0.5) is 0 Å². The maximum atomic E-state index is 11.4. The number of unbranched alkanes of at least 4 members (excludes halogenated alkanes) is 2. The molecule has 202 valence electrons. The van der Waals surface area contributed by atoms with Gasteiger partial charge < -0.3 is 20.0 Å². The second kappa shape index (κ2) is 36.7. The summed E-state index contributed by atoms with van der Waals surface area (Å²) < 4.78 is 0. The molecule has 0 bridgehead atoms. The van der Waals surface area contributed by atoms with Crippen molar-refractivity contribution in [3.63, 3.8) is 0 Å². The van der Waals surface area contributed by atoms with Gasteiger partial charge in [-0.25, -0.2) is 0 Å². The highest BCUT2D eigenvalue weighted by molar-refractivity contribution is 5.76. The quantitative estimate of drug-likeness (QED) is 0.306. The van der Waals surface area contributed by atoms with Crippen molar-refractivity contribution < 1.29 is 24.6 Å². The van der Waals surface area contributed by atoms with Crippen LogP contribution >= 0.6 is 0 Å². The molecule has 0 spiro atoms. The molecule has 0 rings (SSSR count). The second-order valence-corrected chi connectivity index (χ2v) is 6.41. The number of aliphatic hydroxyl groups excluding tert-OH is 1. The lowest BCUT2D eigenvalue weighted by Gasteiger charge is -2.15. The molecule has 0 aliphatic heterocycles. The van der Waals surface area contributed by atoms with Gasteiger partial charge in [-0.15, -0.1) is 0 Å². The minimum atomic E-state index is -0.842. The Labute approximate surface area is 202 Å². The van der Waals surface area contributed by atoms with Gasteiger partial charge in [0.2, 0.25) is 11.8 Å². The Morgan fingerprint density at radius 3 is 1.31 bits per heavy atom. The van der Waals surface area contributed by atoms with Crippen LogP contribution in [0.25, 0.3) is 0 Å². The summed E-state index contributed by atoms with van der Waals surface area (Å²) in [5.41, 5.74) is 0. The molecule has 0 aliphatic rings. The van der Waals surface area contributed by atoms with E-state index in [2.05, 4.69) is 6.92 Å². The summed E-state index contributed by atoms with van der Waals surface area (Å²) in [4.78, 5) is 36.2. The lowest BCUT2D eigenvalue weighted by molar-refractivity contribution is -0.137. The van der Waals surface area contributed by atoms with E-state index in [0.717, 1.165) is 45.2 Å². The normalized spacial score (nSPS) is 8.03. The van der Waals surface area contributed by atoms with Crippen LogP contribution in [0.15, 0.2) is 0 Å². The van der Waals surface area contributed by atoms with E-state index >= 15 is 0 Å². The first-order valence-corrected chi connectivity index (χ1v) is 9.60. The standard InChI is InChI=1S/C10H21NO2.C9H17NO3.6CH4/c1-3-8-11(2)10(13)7-5-4-6-9-12;1-3-7-10(2)8(11)5-4-6-9(12)13;;;;;;/h12H,3-9H2,1-2H3;3-7H2,1-2H3,(H,12,13);6*1H4. The van der Waals surface area contributed by atoms with E-state index in [1.165, 1.54) is 0 Å². The Kier molecular flexibility index (Phi) is 60.1. The van der Waals surface area contributed by atoms with Crippen LogP contribution in [0.2, 0.25) is 0 Å². The summed E-state index contributed by atoms with van der Waals surface area (Å²) >= 11 is 0. The number of aliphatic carboxylic acids is 1.